The second-order valence-corrected chi connectivity index (χ2v) is 8.38. The molecule has 4 heteroatoms. The molecule has 2 heterocycles. The lowest BCUT2D eigenvalue weighted by Gasteiger charge is -2.35. The monoisotopic (exact) mass is 358 g/mol. The van der Waals surface area contributed by atoms with Gasteiger partial charge in [-0.3, -0.25) is 4.79 Å². The normalized spacial score (nSPS) is 20.3. The molecule has 1 N–H and O–H groups in total. The summed E-state index contributed by atoms with van der Waals surface area (Å²) in [6.45, 7) is 9.51. The van der Waals surface area contributed by atoms with Gasteiger partial charge in [0.1, 0.15) is 5.75 Å². The van der Waals surface area contributed by atoms with Crippen molar-refractivity contribution in [2.75, 3.05) is 32.7 Å². The summed E-state index contributed by atoms with van der Waals surface area (Å²) in [6, 6.07) is 5.44. The van der Waals surface area contributed by atoms with Gasteiger partial charge < -0.3 is 14.9 Å². The number of hydrogen-bond donors (Lipinski definition) is 1. The van der Waals surface area contributed by atoms with Crippen LogP contribution in [0.2, 0.25) is 0 Å². The van der Waals surface area contributed by atoms with Gasteiger partial charge in [0.05, 0.1) is 5.56 Å². The Labute approximate surface area is 158 Å². The number of benzene rings is 1. The van der Waals surface area contributed by atoms with E-state index >= 15 is 0 Å². The average molecular weight is 359 g/mol. The summed E-state index contributed by atoms with van der Waals surface area (Å²) >= 11 is 0. The van der Waals surface area contributed by atoms with E-state index in [0.29, 0.717) is 17.4 Å². The van der Waals surface area contributed by atoms with Crippen LogP contribution in [-0.4, -0.2) is 53.5 Å². The van der Waals surface area contributed by atoms with Crippen LogP contribution in [0.1, 0.15) is 74.2 Å². The van der Waals surface area contributed by atoms with E-state index in [-0.39, 0.29) is 11.7 Å². The number of nitrogens with zero attached hydrogens (tertiary/aromatic N) is 2. The van der Waals surface area contributed by atoms with Gasteiger partial charge in [-0.05, 0) is 68.3 Å². The Kier molecular flexibility index (Phi) is 6.58. The molecule has 1 aromatic carbocycles. The highest BCUT2D eigenvalue weighted by atomic mass is 16.3. The second-order valence-electron chi connectivity index (χ2n) is 8.38. The van der Waals surface area contributed by atoms with Crippen LogP contribution in [0.5, 0.6) is 5.75 Å². The highest BCUT2D eigenvalue weighted by Crippen LogP contribution is 2.27. The fourth-order valence-corrected chi connectivity index (χ4v) is 4.26. The highest BCUT2D eigenvalue weighted by Gasteiger charge is 2.26. The lowest BCUT2D eigenvalue weighted by Crippen LogP contribution is -2.41. The van der Waals surface area contributed by atoms with Crippen LogP contribution < -0.4 is 0 Å². The Morgan fingerprint density at radius 1 is 1.08 bits per heavy atom. The number of aromatic hydroxyl groups is 1. The van der Waals surface area contributed by atoms with Crippen LogP contribution in [0.25, 0.3) is 0 Å². The maximum atomic E-state index is 12.9. The van der Waals surface area contributed by atoms with Crippen LogP contribution >= 0.6 is 0 Å². The summed E-state index contributed by atoms with van der Waals surface area (Å²) in [5.41, 5.74) is 1.56. The quantitative estimate of drug-likeness (QED) is 0.875. The van der Waals surface area contributed by atoms with E-state index in [9.17, 15) is 9.90 Å². The lowest BCUT2D eigenvalue weighted by atomic mass is 9.94. The van der Waals surface area contributed by atoms with Gasteiger partial charge in [0.2, 0.25) is 0 Å². The Morgan fingerprint density at radius 3 is 2.35 bits per heavy atom. The third kappa shape index (κ3) is 4.79. The van der Waals surface area contributed by atoms with E-state index in [4.69, 9.17) is 0 Å². The molecule has 144 valence electrons. The largest absolute Gasteiger partial charge is 0.507 e. The molecule has 0 unspecified atom stereocenters. The molecule has 2 aliphatic heterocycles. The zero-order valence-corrected chi connectivity index (χ0v) is 16.4. The fraction of sp³-hybridized carbons (Fsp3) is 0.682. The van der Waals surface area contributed by atoms with Crippen molar-refractivity contribution < 1.29 is 9.90 Å². The minimum Gasteiger partial charge on any atom is -0.507 e. The van der Waals surface area contributed by atoms with Crippen LogP contribution in [0, 0.1) is 5.92 Å². The molecule has 0 bridgehead atoms. The van der Waals surface area contributed by atoms with Gasteiger partial charge >= 0.3 is 0 Å². The number of likely N-dealkylation sites (tertiary alicyclic amines) is 2. The maximum absolute atomic E-state index is 12.9. The predicted octanol–water partition coefficient (Wildman–Crippen LogP) is 4.24. The van der Waals surface area contributed by atoms with Crippen molar-refractivity contribution in [3.63, 3.8) is 0 Å². The molecule has 0 aliphatic carbocycles. The van der Waals surface area contributed by atoms with E-state index < -0.39 is 0 Å². The molecule has 4 nitrogen and oxygen atoms in total. The summed E-state index contributed by atoms with van der Waals surface area (Å²) in [4.78, 5) is 17.5. The molecule has 1 aromatic rings. The fourth-order valence-electron chi connectivity index (χ4n) is 4.26. The SMILES string of the molecule is CC(C)c1ccc(O)c(C(=O)N2CCC(CN3CCCCCC3)CC2)c1. The summed E-state index contributed by atoms with van der Waals surface area (Å²) in [5, 5.41) is 10.2. The van der Waals surface area contributed by atoms with Gasteiger partial charge in [-0.1, -0.05) is 32.8 Å². The van der Waals surface area contributed by atoms with Crippen molar-refractivity contribution in [2.45, 2.75) is 58.3 Å². The highest BCUT2D eigenvalue weighted by molar-refractivity contribution is 5.97. The first-order chi connectivity index (χ1) is 12.5. The minimum atomic E-state index is -0.0155. The molecule has 3 rings (SSSR count). The van der Waals surface area contributed by atoms with Gasteiger partial charge in [0.15, 0.2) is 0 Å². The van der Waals surface area contributed by atoms with E-state index in [1.54, 1.807) is 6.07 Å². The van der Waals surface area contributed by atoms with E-state index in [2.05, 4.69) is 18.7 Å². The van der Waals surface area contributed by atoms with Gasteiger partial charge in [-0.25, -0.2) is 0 Å². The van der Waals surface area contributed by atoms with E-state index in [1.807, 2.05) is 17.0 Å². The second kappa shape index (κ2) is 8.90. The summed E-state index contributed by atoms with van der Waals surface area (Å²) in [6.07, 6.45) is 7.58. The smallest absolute Gasteiger partial charge is 0.257 e. The zero-order valence-electron chi connectivity index (χ0n) is 16.4. The van der Waals surface area contributed by atoms with E-state index in [1.165, 1.54) is 45.3 Å². The van der Waals surface area contributed by atoms with Crippen molar-refractivity contribution in [1.82, 2.24) is 9.80 Å². The Morgan fingerprint density at radius 2 is 1.73 bits per heavy atom. The molecule has 2 fully saturated rings. The Balaban J connectivity index is 1.56. The van der Waals surface area contributed by atoms with Crippen molar-refractivity contribution in [3.05, 3.63) is 29.3 Å². The molecule has 0 atom stereocenters. The first-order valence-corrected chi connectivity index (χ1v) is 10.4. The van der Waals surface area contributed by atoms with Crippen LogP contribution in [0.4, 0.5) is 0 Å². The molecule has 1 amide bonds. The first kappa shape index (κ1) is 19.2. The van der Waals surface area contributed by atoms with Crippen molar-refractivity contribution in [2.24, 2.45) is 5.92 Å². The molecule has 0 radical (unpaired) electrons. The number of phenolic OH excluding ortho intramolecular Hbond substituents is 1. The van der Waals surface area contributed by atoms with Crippen LogP contribution in [-0.2, 0) is 0 Å². The average Bonchev–Trinajstić information content (AvgIpc) is 2.90. The molecule has 26 heavy (non-hydrogen) atoms. The van der Waals surface area contributed by atoms with Gasteiger partial charge in [0.25, 0.3) is 5.91 Å². The molecule has 0 spiro atoms. The standard InChI is InChI=1S/C22H34N2O2/c1-17(2)19-7-8-21(25)20(15-19)22(26)24-13-9-18(10-14-24)16-23-11-5-3-4-6-12-23/h7-8,15,17-18,25H,3-6,9-14,16H2,1-2H3. The third-order valence-corrected chi connectivity index (χ3v) is 6.03. The molecule has 0 aromatic heterocycles. The van der Waals surface area contributed by atoms with Crippen molar-refractivity contribution in [3.8, 4) is 5.75 Å². The summed E-state index contributed by atoms with van der Waals surface area (Å²) in [5.74, 6) is 1.14. The molecule has 2 saturated heterocycles. The number of carbonyl (C=O) groups excluding carboxylic acids is 1. The number of piperidine rings is 1. The molecular weight excluding hydrogens is 324 g/mol. The summed E-state index contributed by atoms with van der Waals surface area (Å²) < 4.78 is 0. The number of carbonyl (C=O) groups is 1. The van der Waals surface area contributed by atoms with Crippen LogP contribution in [0.3, 0.4) is 0 Å². The predicted molar refractivity (Wildman–Crippen MR) is 106 cm³/mol. The number of hydrogen-bond acceptors (Lipinski definition) is 3. The molecule has 2 aliphatic rings. The Hall–Kier alpha value is -1.55. The van der Waals surface area contributed by atoms with Gasteiger partial charge in [-0.2, -0.15) is 0 Å². The zero-order chi connectivity index (χ0) is 18.5. The number of phenols is 1. The molecular formula is C22H34N2O2. The van der Waals surface area contributed by atoms with E-state index in [0.717, 1.165) is 31.5 Å². The minimum absolute atomic E-state index is 0.0155. The molecule has 0 saturated carbocycles. The summed E-state index contributed by atoms with van der Waals surface area (Å²) in [7, 11) is 0. The van der Waals surface area contributed by atoms with Crippen molar-refractivity contribution >= 4 is 5.91 Å². The lowest BCUT2D eigenvalue weighted by molar-refractivity contribution is 0.0665. The van der Waals surface area contributed by atoms with Crippen molar-refractivity contribution in [1.29, 1.82) is 0 Å². The van der Waals surface area contributed by atoms with Crippen LogP contribution in [0.15, 0.2) is 18.2 Å². The third-order valence-electron chi connectivity index (χ3n) is 6.03. The number of rotatable bonds is 4. The van der Waals surface area contributed by atoms with Gasteiger partial charge in [-0.15, -0.1) is 0 Å². The number of amides is 1. The topological polar surface area (TPSA) is 43.8 Å². The van der Waals surface area contributed by atoms with Gasteiger partial charge in [0, 0.05) is 19.6 Å². The maximum Gasteiger partial charge on any atom is 0.257 e. The first-order valence-electron chi connectivity index (χ1n) is 10.4. The Bertz CT molecular complexity index is 598.